The topological polar surface area (TPSA) is 50.4 Å². The summed E-state index contributed by atoms with van der Waals surface area (Å²) in [7, 11) is 0. The fraction of sp³-hybridized carbons (Fsp3) is 0.500. The Hall–Kier alpha value is -0.620. The number of rotatable bonds is 5. The molecule has 0 bridgehead atoms. The highest BCUT2D eigenvalue weighted by Crippen LogP contribution is 2.07. The Morgan fingerprint density at radius 2 is 2.44 bits per heavy atom. The number of halogens is 1. The molecule has 1 aromatic heterocycles. The van der Waals surface area contributed by atoms with Crippen molar-refractivity contribution in [3.8, 4) is 0 Å². The largest absolute Gasteiger partial charge is 0.366 e. The quantitative estimate of drug-likeness (QED) is 0.824. The Labute approximate surface area is 105 Å². The van der Waals surface area contributed by atoms with Crippen molar-refractivity contribution in [2.75, 3.05) is 19.7 Å². The number of ether oxygens (including phenoxy) is 1. The van der Waals surface area contributed by atoms with Gasteiger partial charge in [-0.25, -0.2) is 0 Å². The molecule has 6 heteroatoms. The molecule has 2 rings (SSSR count). The van der Waals surface area contributed by atoms with E-state index in [4.69, 9.17) is 4.74 Å². The first-order valence-corrected chi connectivity index (χ1v) is 5.84. The zero-order chi connectivity index (χ0) is 10.5. The summed E-state index contributed by atoms with van der Waals surface area (Å²) in [6.07, 6.45) is 0.220. The number of amides is 1. The summed E-state index contributed by atoms with van der Waals surface area (Å²) < 4.78 is 5.34. The maximum absolute atomic E-state index is 11.3. The van der Waals surface area contributed by atoms with Crippen LogP contribution in [-0.4, -0.2) is 31.7 Å². The van der Waals surface area contributed by atoms with E-state index < -0.39 is 0 Å². The molecule has 0 spiro atoms. The van der Waals surface area contributed by atoms with Gasteiger partial charge in [0.15, 0.2) is 0 Å². The van der Waals surface area contributed by atoms with Gasteiger partial charge < -0.3 is 15.4 Å². The number of carbonyl (C=O) groups is 1. The minimum atomic E-state index is -0.0460. The van der Waals surface area contributed by atoms with Crippen molar-refractivity contribution in [2.45, 2.75) is 12.6 Å². The number of thiophene rings is 1. The normalized spacial score (nSPS) is 15.0. The van der Waals surface area contributed by atoms with Crippen molar-refractivity contribution in [2.24, 2.45) is 0 Å². The molecular formula is C10H15ClN2O2S. The number of nitrogens with one attached hydrogen (secondary N) is 2. The van der Waals surface area contributed by atoms with E-state index in [2.05, 4.69) is 10.6 Å². The van der Waals surface area contributed by atoms with Gasteiger partial charge in [-0.15, -0.1) is 23.7 Å². The van der Waals surface area contributed by atoms with Gasteiger partial charge in [-0.05, 0) is 11.4 Å². The second kappa shape index (κ2) is 6.85. The molecule has 1 aromatic rings. The van der Waals surface area contributed by atoms with Crippen LogP contribution in [0.15, 0.2) is 17.5 Å². The van der Waals surface area contributed by atoms with Gasteiger partial charge in [-0.2, -0.15) is 0 Å². The highest BCUT2D eigenvalue weighted by Gasteiger charge is 2.17. The second-order valence-corrected chi connectivity index (χ2v) is 4.48. The number of hydrogen-bond donors (Lipinski definition) is 2. The van der Waals surface area contributed by atoms with Gasteiger partial charge in [0.1, 0.15) is 6.61 Å². The Morgan fingerprint density at radius 1 is 1.62 bits per heavy atom. The van der Waals surface area contributed by atoms with E-state index in [0.717, 1.165) is 18.0 Å². The summed E-state index contributed by atoms with van der Waals surface area (Å²) in [6, 6.07) is 3.98. The zero-order valence-corrected chi connectivity index (χ0v) is 10.4. The third-order valence-electron chi connectivity index (χ3n) is 2.23. The first-order valence-electron chi connectivity index (χ1n) is 4.96. The minimum absolute atomic E-state index is 0. The van der Waals surface area contributed by atoms with Crippen molar-refractivity contribution < 1.29 is 9.53 Å². The van der Waals surface area contributed by atoms with E-state index in [1.165, 1.54) is 0 Å². The van der Waals surface area contributed by atoms with Crippen molar-refractivity contribution in [3.05, 3.63) is 22.4 Å². The third-order valence-corrected chi connectivity index (χ3v) is 3.11. The van der Waals surface area contributed by atoms with Crippen molar-refractivity contribution in [3.63, 3.8) is 0 Å². The summed E-state index contributed by atoms with van der Waals surface area (Å²) in [5.74, 6) is -0.0460. The molecular weight excluding hydrogens is 248 g/mol. The van der Waals surface area contributed by atoms with Gasteiger partial charge in [0, 0.05) is 18.0 Å². The van der Waals surface area contributed by atoms with E-state index in [1.54, 1.807) is 11.3 Å². The van der Waals surface area contributed by atoms with Gasteiger partial charge >= 0.3 is 0 Å². The van der Waals surface area contributed by atoms with Crippen LogP contribution in [0.3, 0.4) is 0 Å². The molecule has 2 heterocycles. The monoisotopic (exact) mass is 262 g/mol. The van der Waals surface area contributed by atoms with E-state index in [-0.39, 0.29) is 31.0 Å². The molecule has 2 N–H and O–H groups in total. The molecule has 0 atom stereocenters. The van der Waals surface area contributed by atoms with E-state index in [1.807, 2.05) is 17.5 Å². The SMILES string of the molecule is Cl.O=C(COC1CNC1)NCc1cccs1. The Balaban J connectivity index is 0.00000128. The Morgan fingerprint density at radius 3 is 3.00 bits per heavy atom. The average Bonchev–Trinajstić information content (AvgIpc) is 2.64. The van der Waals surface area contributed by atoms with Crippen LogP contribution in [0.5, 0.6) is 0 Å². The van der Waals surface area contributed by atoms with Gasteiger partial charge in [0.05, 0.1) is 12.6 Å². The molecule has 1 amide bonds. The van der Waals surface area contributed by atoms with Crippen LogP contribution in [0.25, 0.3) is 0 Å². The molecule has 0 radical (unpaired) electrons. The van der Waals surface area contributed by atoms with Crippen molar-refractivity contribution in [1.82, 2.24) is 10.6 Å². The highest BCUT2D eigenvalue weighted by molar-refractivity contribution is 7.09. The molecule has 4 nitrogen and oxygen atoms in total. The number of carbonyl (C=O) groups excluding carboxylic acids is 1. The van der Waals surface area contributed by atoms with Gasteiger partial charge in [0.25, 0.3) is 0 Å². The van der Waals surface area contributed by atoms with Crippen LogP contribution in [0.4, 0.5) is 0 Å². The lowest BCUT2D eigenvalue weighted by Crippen LogP contribution is -2.49. The van der Waals surface area contributed by atoms with Crippen molar-refractivity contribution in [1.29, 1.82) is 0 Å². The molecule has 0 unspecified atom stereocenters. The molecule has 1 aliphatic heterocycles. The molecule has 1 fully saturated rings. The minimum Gasteiger partial charge on any atom is -0.366 e. The number of hydrogen-bond acceptors (Lipinski definition) is 4. The van der Waals surface area contributed by atoms with Crippen LogP contribution in [0, 0.1) is 0 Å². The molecule has 1 saturated heterocycles. The van der Waals surface area contributed by atoms with Crippen LogP contribution in [-0.2, 0) is 16.1 Å². The summed E-state index contributed by atoms with van der Waals surface area (Å²) in [4.78, 5) is 12.5. The lowest BCUT2D eigenvalue weighted by molar-refractivity contribution is -0.128. The van der Waals surface area contributed by atoms with E-state index in [0.29, 0.717) is 6.54 Å². The lowest BCUT2D eigenvalue weighted by atomic mass is 10.2. The molecule has 0 saturated carbocycles. The molecule has 90 valence electrons. The van der Waals surface area contributed by atoms with Crippen LogP contribution in [0.2, 0.25) is 0 Å². The standard InChI is InChI=1S/C10H14N2O2S.ClH/c13-10(7-14-8-4-11-5-8)12-6-9-2-1-3-15-9;/h1-3,8,11H,4-7H2,(H,12,13);1H. The maximum Gasteiger partial charge on any atom is 0.246 e. The smallest absolute Gasteiger partial charge is 0.246 e. The van der Waals surface area contributed by atoms with Crippen LogP contribution >= 0.6 is 23.7 Å². The van der Waals surface area contributed by atoms with Crippen LogP contribution < -0.4 is 10.6 Å². The first-order chi connectivity index (χ1) is 7.34. The fourth-order valence-electron chi connectivity index (χ4n) is 1.22. The lowest BCUT2D eigenvalue weighted by Gasteiger charge is -2.26. The summed E-state index contributed by atoms with van der Waals surface area (Å²) >= 11 is 1.64. The van der Waals surface area contributed by atoms with E-state index in [9.17, 15) is 4.79 Å². The Bertz CT molecular complexity index is 315. The predicted octanol–water partition coefficient (Wildman–Crippen LogP) is 0.774. The van der Waals surface area contributed by atoms with E-state index >= 15 is 0 Å². The molecule has 0 aromatic carbocycles. The summed E-state index contributed by atoms with van der Waals surface area (Å²) in [6.45, 7) is 2.48. The van der Waals surface area contributed by atoms with Gasteiger partial charge in [-0.1, -0.05) is 6.07 Å². The maximum atomic E-state index is 11.3. The Kier molecular flexibility index (Phi) is 5.76. The third kappa shape index (κ3) is 4.09. The first kappa shape index (κ1) is 13.4. The fourth-order valence-corrected chi connectivity index (χ4v) is 1.87. The van der Waals surface area contributed by atoms with Crippen molar-refractivity contribution >= 4 is 29.7 Å². The van der Waals surface area contributed by atoms with Gasteiger partial charge in [-0.3, -0.25) is 4.79 Å². The van der Waals surface area contributed by atoms with Crippen LogP contribution in [0.1, 0.15) is 4.88 Å². The van der Waals surface area contributed by atoms with Gasteiger partial charge in [0.2, 0.25) is 5.91 Å². The highest BCUT2D eigenvalue weighted by atomic mass is 35.5. The molecule has 0 aliphatic carbocycles. The average molecular weight is 263 g/mol. The summed E-state index contributed by atoms with van der Waals surface area (Å²) in [5, 5.41) is 7.90. The zero-order valence-electron chi connectivity index (χ0n) is 8.77. The predicted molar refractivity (Wildman–Crippen MR) is 66.0 cm³/mol. The summed E-state index contributed by atoms with van der Waals surface area (Å²) in [5.41, 5.74) is 0. The second-order valence-electron chi connectivity index (χ2n) is 3.45. The molecule has 16 heavy (non-hydrogen) atoms. The molecule has 1 aliphatic rings.